The van der Waals surface area contributed by atoms with E-state index in [2.05, 4.69) is 24.3 Å². The average Bonchev–Trinajstić information content (AvgIpc) is 3.14. The number of nitrogens with zero attached hydrogens (tertiary/aromatic N) is 5. The summed E-state index contributed by atoms with van der Waals surface area (Å²) in [4.78, 5) is 57.8. The fourth-order valence-electron chi connectivity index (χ4n) is 5.12. The van der Waals surface area contributed by atoms with E-state index < -0.39 is 5.41 Å². The molecule has 0 saturated heterocycles. The van der Waals surface area contributed by atoms with Gasteiger partial charge in [-0.15, -0.1) is 0 Å². The minimum absolute atomic E-state index is 0.00701. The molecule has 1 N–H and O–H groups in total. The number of fused-ring (bicyclic) bond motifs is 1. The largest absolute Gasteiger partial charge is 0.354 e. The first-order chi connectivity index (χ1) is 17.3. The molecule has 206 valence electrons. The van der Waals surface area contributed by atoms with Gasteiger partial charge in [0.05, 0.1) is 13.1 Å². The topological polar surface area (TPSA) is 108 Å². The van der Waals surface area contributed by atoms with Crippen molar-refractivity contribution in [2.24, 2.45) is 18.4 Å². The molecule has 0 saturated carbocycles. The normalized spacial score (nSPS) is 20.5. The lowest BCUT2D eigenvalue weighted by Gasteiger charge is -2.37. The van der Waals surface area contributed by atoms with Crippen LogP contribution in [0.3, 0.4) is 0 Å². The fourth-order valence-corrected chi connectivity index (χ4v) is 5.12. The number of aromatic nitrogens is 2. The van der Waals surface area contributed by atoms with Gasteiger partial charge in [0.25, 0.3) is 5.91 Å². The number of hydrogen-bond acceptors (Lipinski definition) is 5. The van der Waals surface area contributed by atoms with E-state index in [4.69, 9.17) is 0 Å². The van der Waals surface area contributed by atoms with Gasteiger partial charge in [-0.3, -0.25) is 23.9 Å². The minimum atomic E-state index is -0.624. The van der Waals surface area contributed by atoms with Crippen LogP contribution in [-0.2, 0) is 34.3 Å². The zero-order valence-electron chi connectivity index (χ0n) is 23.6. The molecule has 0 aromatic carbocycles. The molecule has 2 bridgehead atoms. The van der Waals surface area contributed by atoms with E-state index in [1.807, 2.05) is 32.7 Å². The number of aryl methyl sites for hydroxylation is 1. The van der Waals surface area contributed by atoms with E-state index in [0.717, 1.165) is 24.1 Å². The molecular weight excluding hydrogens is 472 g/mol. The van der Waals surface area contributed by atoms with Crippen LogP contribution in [-0.4, -0.2) is 93.9 Å². The van der Waals surface area contributed by atoms with Crippen LogP contribution in [0.25, 0.3) is 0 Å². The molecule has 1 aliphatic heterocycles. The van der Waals surface area contributed by atoms with Crippen molar-refractivity contribution in [3.63, 3.8) is 0 Å². The van der Waals surface area contributed by atoms with E-state index >= 15 is 0 Å². The standard InChI is InChI=1S/C27H44N6O4/c1-18(2)11-14-33-19-9-10-21-20(15-19)24(29-31(21)7)25(36)30(6)16-22(34)28-12-8-13-32(17-23(33)35)26(37)27(3,4)5/h18-19H,8-17H2,1-7H3,(H,28,34). The Morgan fingerprint density at radius 1 is 1.14 bits per heavy atom. The number of amides is 4. The lowest BCUT2D eigenvalue weighted by molar-refractivity contribution is -0.146. The Morgan fingerprint density at radius 2 is 1.84 bits per heavy atom. The van der Waals surface area contributed by atoms with E-state index in [1.165, 1.54) is 4.90 Å². The average molecular weight is 517 g/mol. The highest BCUT2D eigenvalue weighted by Gasteiger charge is 2.36. The van der Waals surface area contributed by atoms with Crippen molar-refractivity contribution in [2.75, 3.05) is 39.8 Å². The van der Waals surface area contributed by atoms with Crippen LogP contribution >= 0.6 is 0 Å². The quantitative estimate of drug-likeness (QED) is 0.657. The summed E-state index contributed by atoms with van der Waals surface area (Å²) in [7, 11) is 3.44. The second-order valence-corrected chi connectivity index (χ2v) is 11.9. The fraction of sp³-hybridized carbons (Fsp3) is 0.741. The van der Waals surface area contributed by atoms with Gasteiger partial charge in [0, 0.05) is 56.4 Å². The summed E-state index contributed by atoms with van der Waals surface area (Å²) in [5.74, 6) is -0.288. The first-order valence-electron chi connectivity index (χ1n) is 13.4. The van der Waals surface area contributed by atoms with Gasteiger partial charge in [0.1, 0.15) is 0 Å². The Bertz CT molecular complexity index is 1020. The molecule has 0 spiro atoms. The number of rotatable bonds is 3. The van der Waals surface area contributed by atoms with E-state index in [1.54, 1.807) is 16.6 Å². The predicted octanol–water partition coefficient (Wildman–Crippen LogP) is 1.62. The van der Waals surface area contributed by atoms with Crippen molar-refractivity contribution in [3.05, 3.63) is 17.0 Å². The number of nitrogens with one attached hydrogen (secondary N) is 1. The summed E-state index contributed by atoms with van der Waals surface area (Å²) < 4.78 is 1.75. The van der Waals surface area contributed by atoms with Gasteiger partial charge in [-0.05, 0) is 38.0 Å². The van der Waals surface area contributed by atoms with Crippen molar-refractivity contribution in [2.45, 2.75) is 72.8 Å². The first-order valence-corrected chi connectivity index (χ1v) is 13.4. The van der Waals surface area contributed by atoms with E-state index in [-0.39, 0.29) is 42.8 Å². The Kier molecular flexibility index (Phi) is 9.02. The highest BCUT2D eigenvalue weighted by Crippen LogP contribution is 2.29. The van der Waals surface area contributed by atoms with Crippen molar-refractivity contribution in [3.8, 4) is 0 Å². The Balaban J connectivity index is 1.99. The SMILES string of the molecule is CC(C)CCN1C(=O)CN(C(=O)C(C)(C)C)CCCNC(=O)CN(C)C(=O)c2nn(C)c3c2CC1CC3. The molecule has 1 aromatic heterocycles. The molecule has 4 amide bonds. The predicted molar refractivity (Wildman–Crippen MR) is 141 cm³/mol. The highest BCUT2D eigenvalue weighted by atomic mass is 16.2. The van der Waals surface area contributed by atoms with Crippen LogP contribution in [0.15, 0.2) is 0 Å². The number of likely N-dealkylation sites (N-methyl/N-ethyl adjacent to an activating group) is 1. The van der Waals surface area contributed by atoms with Crippen molar-refractivity contribution >= 4 is 23.6 Å². The van der Waals surface area contributed by atoms with Crippen LogP contribution in [0, 0.1) is 11.3 Å². The first kappa shape index (κ1) is 28.7. The maximum atomic E-state index is 13.8. The van der Waals surface area contributed by atoms with Crippen LogP contribution in [0.5, 0.6) is 0 Å². The highest BCUT2D eigenvalue weighted by molar-refractivity contribution is 5.96. The van der Waals surface area contributed by atoms with Crippen LogP contribution in [0.1, 0.15) is 75.6 Å². The maximum absolute atomic E-state index is 13.8. The number of carbonyl (C=O) groups excluding carboxylic acids is 4. The van der Waals surface area contributed by atoms with Crippen molar-refractivity contribution in [1.29, 1.82) is 0 Å². The monoisotopic (exact) mass is 516 g/mol. The van der Waals surface area contributed by atoms with Gasteiger partial charge >= 0.3 is 0 Å². The van der Waals surface area contributed by atoms with Gasteiger partial charge in [-0.25, -0.2) is 0 Å². The minimum Gasteiger partial charge on any atom is -0.354 e. The molecule has 0 fully saturated rings. The molecule has 10 heteroatoms. The molecule has 1 atom stereocenters. The van der Waals surface area contributed by atoms with E-state index in [9.17, 15) is 19.2 Å². The molecule has 2 heterocycles. The summed E-state index contributed by atoms with van der Waals surface area (Å²) >= 11 is 0. The molecule has 10 nitrogen and oxygen atoms in total. The van der Waals surface area contributed by atoms with Gasteiger partial charge in [-0.1, -0.05) is 34.6 Å². The molecule has 1 aliphatic carbocycles. The van der Waals surface area contributed by atoms with Crippen molar-refractivity contribution < 1.29 is 19.2 Å². The molecule has 37 heavy (non-hydrogen) atoms. The summed E-state index contributed by atoms with van der Waals surface area (Å²) in [5, 5.41) is 7.36. The van der Waals surface area contributed by atoms with Gasteiger partial charge in [0.2, 0.25) is 17.7 Å². The van der Waals surface area contributed by atoms with Gasteiger partial charge in [0.15, 0.2) is 5.69 Å². The molecule has 0 radical (unpaired) electrons. The Hall–Kier alpha value is -2.91. The Morgan fingerprint density at radius 3 is 2.49 bits per heavy atom. The second-order valence-electron chi connectivity index (χ2n) is 11.9. The summed E-state index contributed by atoms with van der Waals surface area (Å²) in [6.07, 6.45) is 3.38. The lowest BCUT2D eigenvalue weighted by atomic mass is 9.89. The number of carbonyl (C=O) groups is 4. The van der Waals surface area contributed by atoms with Crippen molar-refractivity contribution in [1.82, 2.24) is 29.8 Å². The summed E-state index contributed by atoms with van der Waals surface area (Å²) in [6, 6.07) is -0.0809. The van der Waals surface area contributed by atoms with Crippen LogP contribution in [0.2, 0.25) is 0 Å². The lowest BCUT2D eigenvalue weighted by Crippen LogP contribution is -2.51. The van der Waals surface area contributed by atoms with Gasteiger partial charge < -0.3 is 20.0 Å². The van der Waals surface area contributed by atoms with Crippen LogP contribution < -0.4 is 5.32 Å². The molecule has 2 aliphatic rings. The molecular formula is C27H44N6O4. The second kappa shape index (κ2) is 11.6. The molecule has 1 unspecified atom stereocenters. The third-order valence-corrected chi connectivity index (χ3v) is 7.25. The zero-order valence-corrected chi connectivity index (χ0v) is 23.6. The summed E-state index contributed by atoms with van der Waals surface area (Å²) in [5.41, 5.74) is 1.58. The van der Waals surface area contributed by atoms with Gasteiger partial charge in [-0.2, -0.15) is 5.10 Å². The van der Waals surface area contributed by atoms with E-state index in [0.29, 0.717) is 50.5 Å². The number of hydrogen-bond donors (Lipinski definition) is 1. The Labute approximate surface area is 220 Å². The third-order valence-electron chi connectivity index (χ3n) is 7.25. The summed E-state index contributed by atoms with van der Waals surface area (Å²) in [6.45, 7) is 11.1. The zero-order chi connectivity index (χ0) is 27.5. The molecule has 3 rings (SSSR count). The smallest absolute Gasteiger partial charge is 0.274 e. The van der Waals surface area contributed by atoms with Crippen LogP contribution in [0.4, 0.5) is 0 Å². The maximum Gasteiger partial charge on any atom is 0.274 e. The molecule has 1 aromatic rings. The third kappa shape index (κ3) is 6.90.